The molecule has 0 aliphatic heterocycles. The van der Waals surface area contributed by atoms with Gasteiger partial charge >= 0.3 is 0 Å². The Morgan fingerprint density at radius 2 is 0.808 bits per heavy atom. The van der Waals surface area contributed by atoms with E-state index in [1.54, 1.807) is 0 Å². The predicted molar refractivity (Wildman–Crippen MR) is 71.2 cm³/mol. The van der Waals surface area contributed by atoms with E-state index in [2.05, 4.69) is 0 Å². The van der Waals surface area contributed by atoms with Crippen molar-refractivity contribution in [1.29, 1.82) is 21.0 Å². The average molecular weight is 366 g/mol. The molecule has 2 atom stereocenters. The molecular formula is C16H4F6N4. The van der Waals surface area contributed by atoms with Crippen LogP contribution < -0.4 is 0 Å². The quantitative estimate of drug-likeness (QED) is 0.680. The van der Waals surface area contributed by atoms with Gasteiger partial charge < -0.3 is 0 Å². The van der Waals surface area contributed by atoms with Crippen LogP contribution in [0.1, 0.15) is 0 Å². The summed E-state index contributed by atoms with van der Waals surface area (Å²) < 4.78 is 85.8. The highest BCUT2D eigenvalue weighted by Gasteiger charge is 2.49. The number of nitrogens with zero attached hydrogens (tertiary/aromatic N) is 4. The summed E-state index contributed by atoms with van der Waals surface area (Å²) in [5, 5.41) is 34.9. The van der Waals surface area contributed by atoms with Gasteiger partial charge in [-0.05, 0) is 0 Å². The molecule has 0 fully saturated rings. The van der Waals surface area contributed by atoms with E-state index in [1.807, 2.05) is 0 Å². The Kier molecular flexibility index (Phi) is 4.91. The summed E-state index contributed by atoms with van der Waals surface area (Å²) >= 11 is 0. The molecule has 0 radical (unpaired) electrons. The Balaban J connectivity index is 2.85. The molecule has 10 heteroatoms. The van der Waals surface area contributed by atoms with E-state index >= 15 is 0 Å². The first-order valence-corrected chi connectivity index (χ1v) is 6.75. The van der Waals surface area contributed by atoms with Crippen LogP contribution in [0.5, 0.6) is 0 Å². The van der Waals surface area contributed by atoms with Crippen molar-refractivity contribution in [2.75, 3.05) is 0 Å². The third-order valence-corrected chi connectivity index (χ3v) is 3.90. The van der Waals surface area contributed by atoms with Crippen molar-refractivity contribution >= 4 is 0 Å². The highest BCUT2D eigenvalue weighted by atomic mass is 19.2. The first-order valence-electron chi connectivity index (χ1n) is 6.75. The second kappa shape index (κ2) is 6.78. The molecule has 0 N–H and O–H groups in total. The first kappa shape index (κ1) is 18.8. The molecule has 0 spiro atoms. The van der Waals surface area contributed by atoms with E-state index in [1.165, 1.54) is 24.3 Å². The standard InChI is InChI=1S/C16H4F6N4/c17-11-7(5(1-23)2-24)13(19)15(21)10-9(11)16(22)14(20)8(12(10)18)6(3-25)4-26/h5-8H. The predicted octanol–water partition coefficient (Wildman–Crippen LogP) is 4.32. The fourth-order valence-electron chi connectivity index (χ4n) is 2.65. The van der Waals surface area contributed by atoms with Gasteiger partial charge in [-0.1, -0.05) is 0 Å². The van der Waals surface area contributed by atoms with Crippen LogP contribution in [-0.4, -0.2) is 0 Å². The van der Waals surface area contributed by atoms with Gasteiger partial charge in [0.1, 0.15) is 35.1 Å². The van der Waals surface area contributed by atoms with E-state index in [-0.39, 0.29) is 0 Å². The lowest BCUT2D eigenvalue weighted by atomic mass is 9.76. The molecule has 0 amide bonds. The molecule has 2 aliphatic rings. The number of fused-ring (bicyclic) bond motifs is 1. The number of hydrogen-bond donors (Lipinski definition) is 0. The lowest BCUT2D eigenvalue weighted by Crippen LogP contribution is -2.26. The average Bonchev–Trinajstić information content (AvgIpc) is 2.63. The van der Waals surface area contributed by atoms with Crippen LogP contribution in [0.4, 0.5) is 26.3 Å². The molecular weight excluding hydrogens is 362 g/mol. The lowest BCUT2D eigenvalue weighted by molar-refractivity contribution is 0.335. The van der Waals surface area contributed by atoms with E-state index in [0.29, 0.717) is 0 Å². The van der Waals surface area contributed by atoms with Gasteiger partial charge in [0.05, 0.1) is 47.3 Å². The van der Waals surface area contributed by atoms with Crippen LogP contribution in [0.15, 0.2) is 46.1 Å². The summed E-state index contributed by atoms with van der Waals surface area (Å²) in [5.74, 6) is -21.5. The molecule has 0 heterocycles. The van der Waals surface area contributed by atoms with Crippen LogP contribution in [0, 0.1) is 69.0 Å². The van der Waals surface area contributed by atoms with E-state index < -0.39 is 69.8 Å². The highest BCUT2D eigenvalue weighted by molar-refractivity contribution is 5.64. The van der Waals surface area contributed by atoms with Gasteiger partial charge in [-0.2, -0.15) is 21.0 Å². The fraction of sp³-hybridized carbons (Fsp3) is 0.250. The highest BCUT2D eigenvalue weighted by Crippen LogP contribution is 2.53. The molecule has 0 aromatic heterocycles. The maximum Gasteiger partial charge on any atom is 0.166 e. The summed E-state index contributed by atoms with van der Waals surface area (Å²) in [6.45, 7) is 0. The molecule has 0 saturated heterocycles. The zero-order chi connectivity index (χ0) is 19.8. The molecule has 0 aromatic carbocycles. The van der Waals surface area contributed by atoms with E-state index in [4.69, 9.17) is 21.0 Å². The minimum Gasteiger partial charge on any atom is -0.210 e. The zero-order valence-corrected chi connectivity index (χ0v) is 12.4. The largest absolute Gasteiger partial charge is 0.210 e. The first-order chi connectivity index (χ1) is 12.3. The van der Waals surface area contributed by atoms with Gasteiger partial charge in [-0.25, -0.2) is 26.3 Å². The Labute approximate surface area is 142 Å². The number of hydrogen-bond acceptors (Lipinski definition) is 4. The van der Waals surface area contributed by atoms with E-state index in [0.717, 1.165) is 0 Å². The van der Waals surface area contributed by atoms with Crippen molar-refractivity contribution in [3.8, 4) is 24.3 Å². The Morgan fingerprint density at radius 3 is 1.04 bits per heavy atom. The summed E-state index contributed by atoms with van der Waals surface area (Å²) in [4.78, 5) is 0. The Morgan fingerprint density at radius 1 is 0.538 bits per heavy atom. The maximum atomic E-state index is 14.5. The lowest BCUT2D eigenvalue weighted by Gasteiger charge is -2.29. The van der Waals surface area contributed by atoms with Crippen LogP contribution >= 0.6 is 0 Å². The summed E-state index contributed by atoms with van der Waals surface area (Å²) in [6, 6.07) is 4.71. The van der Waals surface area contributed by atoms with Crippen molar-refractivity contribution < 1.29 is 26.3 Å². The molecule has 2 aliphatic carbocycles. The van der Waals surface area contributed by atoms with Crippen LogP contribution in [0.25, 0.3) is 0 Å². The van der Waals surface area contributed by atoms with Crippen molar-refractivity contribution in [2.24, 2.45) is 23.7 Å². The van der Waals surface area contributed by atoms with Gasteiger partial charge in [-0.3, -0.25) is 0 Å². The number of rotatable bonds is 2. The molecule has 4 nitrogen and oxygen atoms in total. The second-order valence-corrected chi connectivity index (χ2v) is 5.20. The summed E-state index contributed by atoms with van der Waals surface area (Å²) in [6.07, 6.45) is 0. The Bertz CT molecular complexity index is 868. The molecule has 0 bridgehead atoms. The number of halogens is 6. The molecule has 2 rings (SSSR count). The van der Waals surface area contributed by atoms with Crippen molar-refractivity contribution in [1.82, 2.24) is 0 Å². The number of allylic oxidation sites excluding steroid dienone is 8. The molecule has 130 valence electrons. The maximum absolute atomic E-state index is 14.5. The van der Waals surface area contributed by atoms with Crippen molar-refractivity contribution in [3.05, 3.63) is 46.1 Å². The van der Waals surface area contributed by atoms with Gasteiger partial charge in [-0.15, -0.1) is 0 Å². The molecule has 26 heavy (non-hydrogen) atoms. The minimum absolute atomic E-state index is 1.18. The van der Waals surface area contributed by atoms with Crippen molar-refractivity contribution in [2.45, 2.75) is 0 Å². The van der Waals surface area contributed by atoms with Crippen molar-refractivity contribution in [3.63, 3.8) is 0 Å². The third-order valence-electron chi connectivity index (χ3n) is 3.90. The minimum atomic E-state index is -2.51. The normalized spacial score (nSPS) is 22.9. The molecule has 0 aromatic rings. The van der Waals surface area contributed by atoms with Gasteiger partial charge in [0.2, 0.25) is 0 Å². The van der Waals surface area contributed by atoms with E-state index in [9.17, 15) is 26.3 Å². The van der Waals surface area contributed by atoms with Gasteiger partial charge in [0, 0.05) is 0 Å². The summed E-state index contributed by atoms with van der Waals surface area (Å²) in [7, 11) is 0. The van der Waals surface area contributed by atoms with Crippen LogP contribution in [0.3, 0.4) is 0 Å². The molecule has 2 unspecified atom stereocenters. The SMILES string of the molecule is N#CC(C#N)C1C(F)=C(F)C2=C(F)C(C(C#N)C#N)C(F)=C(F)C2=C1F. The van der Waals surface area contributed by atoms with Gasteiger partial charge in [0.15, 0.2) is 11.7 Å². The summed E-state index contributed by atoms with van der Waals surface area (Å²) in [5.41, 5.74) is -3.24. The second-order valence-electron chi connectivity index (χ2n) is 5.20. The number of nitriles is 4. The third kappa shape index (κ3) is 2.44. The smallest absolute Gasteiger partial charge is 0.166 e. The van der Waals surface area contributed by atoms with Gasteiger partial charge in [0.25, 0.3) is 0 Å². The fourth-order valence-corrected chi connectivity index (χ4v) is 2.65. The Hall–Kier alpha value is -3.50. The monoisotopic (exact) mass is 366 g/mol. The zero-order valence-electron chi connectivity index (χ0n) is 12.4. The molecule has 0 saturated carbocycles. The van der Waals surface area contributed by atoms with Crippen LogP contribution in [0.2, 0.25) is 0 Å². The topological polar surface area (TPSA) is 95.2 Å². The van der Waals surface area contributed by atoms with Crippen LogP contribution in [-0.2, 0) is 0 Å².